The first-order valence-electron chi connectivity index (χ1n) is 10.8. The van der Waals surface area contributed by atoms with Gasteiger partial charge in [0.25, 0.3) is 0 Å². The Morgan fingerprint density at radius 2 is 0.636 bits per heavy atom. The number of nitroso groups, excluding NO2 is 4. The fourth-order valence-corrected chi connectivity index (χ4v) is 1.75. The molecule has 0 atom stereocenters. The van der Waals surface area contributed by atoms with Crippen LogP contribution in [0.4, 0.5) is 0 Å². The Morgan fingerprint density at radius 3 is 0.705 bits per heavy atom. The molecule has 0 unspecified atom stereocenters. The fraction of sp³-hybridized carbons (Fsp3) is 0.667. The van der Waals surface area contributed by atoms with E-state index in [1.54, 1.807) is 37.4 Å². The van der Waals surface area contributed by atoms with Crippen molar-refractivity contribution in [2.75, 3.05) is 79.3 Å². The molecule has 3 heterocycles. The third kappa shape index (κ3) is 90.2. The molecule has 2 N–H and O–H groups in total. The SMILES string of the molecule is C1COCCOCCOCCOCCOCCO1.O=N[O-].O=N[O-].[Fe].[Fe].[N]=O.[N]=O.[N]=O.[N]=O.c1c[nH]cn1.c1c[nH]cn1. The van der Waals surface area contributed by atoms with E-state index in [1.807, 2.05) is 0 Å². The van der Waals surface area contributed by atoms with Crippen LogP contribution in [0.15, 0.2) is 48.1 Å². The van der Waals surface area contributed by atoms with Gasteiger partial charge in [0.1, 0.15) is 22.4 Å². The van der Waals surface area contributed by atoms with Crippen molar-refractivity contribution < 1.29 is 62.6 Å². The molecule has 0 saturated carbocycles. The van der Waals surface area contributed by atoms with E-state index in [9.17, 15) is 0 Å². The smallest absolute Gasteiger partial charge is 0.120 e. The summed E-state index contributed by atoms with van der Waals surface area (Å²) in [5.41, 5.74) is 23.0. The Labute approximate surface area is 271 Å². The standard InChI is InChI=1S/C12H24O6.2C3H4N2.2Fe.2HNO2.4NO/c1-2-14-5-6-16-9-10-18-12-11-17-8-7-15-4-3-13-1;2*1-2-5-3-4-1;;;2*2-1-3;4*1-2/h1-12H2;2*1-3H,(H,4,5);;;2*(H,2,3);;;;/p-2. The summed E-state index contributed by atoms with van der Waals surface area (Å²) in [6.07, 6.45) is 10.2. The van der Waals surface area contributed by atoms with E-state index in [4.69, 9.17) is 90.7 Å². The zero-order valence-electron chi connectivity index (χ0n) is 22.9. The molecule has 0 bridgehead atoms. The summed E-state index contributed by atoms with van der Waals surface area (Å²) < 4.78 is 32.0. The summed E-state index contributed by atoms with van der Waals surface area (Å²) >= 11 is 0. The number of hydrogen-bond donors (Lipinski definition) is 2. The number of hydrogen-bond acceptors (Lipinski definition) is 18. The Balaban J connectivity index is -0.0000000685. The van der Waals surface area contributed by atoms with Gasteiger partial charge in [-0.25, -0.2) is 9.97 Å². The van der Waals surface area contributed by atoms with Crippen LogP contribution in [0.5, 0.6) is 0 Å². The molecule has 0 aliphatic carbocycles. The predicted octanol–water partition coefficient (Wildman–Crippen LogP) is -0.373. The average Bonchev–Trinajstić information content (AvgIpc) is 3.83. The van der Waals surface area contributed by atoms with Crippen LogP contribution in [0, 0.1) is 39.9 Å². The van der Waals surface area contributed by atoms with Crippen LogP contribution < -0.4 is 22.4 Å². The van der Waals surface area contributed by atoms with E-state index in [-0.39, 0.29) is 34.1 Å². The first-order chi connectivity index (χ1) is 20.8. The summed E-state index contributed by atoms with van der Waals surface area (Å²) in [7, 11) is 0. The summed E-state index contributed by atoms with van der Waals surface area (Å²) in [6.45, 7) is 7.04. The molecule has 2 aromatic rings. The van der Waals surface area contributed by atoms with Crippen LogP contribution in [-0.2, 0) is 62.6 Å². The second kappa shape index (κ2) is 83.4. The Hall–Kier alpha value is -3.58. The van der Waals surface area contributed by atoms with E-state index in [1.165, 1.54) is 0 Å². The molecule has 26 heteroatoms. The van der Waals surface area contributed by atoms with E-state index in [0.717, 1.165) is 10.7 Å². The second-order valence-electron chi connectivity index (χ2n) is 5.34. The number of nitrogens with one attached hydrogen (secondary N) is 2. The molecule has 1 fully saturated rings. The molecule has 0 spiro atoms. The fourth-order valence-electron chi connectivity index (χ4n) is 1.75. The molecule has 44 heavy (non-hydrogen) atoms. The molecule has 4 radical (unpaired) electrons. The van der Waals surface area contributed by atoms with Crippen molar-refractivity contribution in [3.8, 4) is 0 Å². The number of aromatic amines is 2. The summed E-state index contributed by atoms with van der Waals surface area (Å²) in [5.74, 6) is 0. The van der Waals surface area contributed by atoms with Gasteiger partial charge in [-0.3, -0.25) is 0 Å². The van der Waals surface area contributed by atoms with Crippen molar-refractivity contribution in [2.45, 2.75) is 0 Å². The minimum absolute atomic E-state index is 0. The summed E-state index contributed by atoms with van der Waals surface area (Å²) in [5, 5.41) is 18.0. The van der Waals surface area contributed by atoms with Crippen molar-refractivity contribution in [1.29, 1.82) is 0 Å². The first-order valence-corrected chi connectivity index (χ1v) is 10.8. The van der Waals surface area contributed by atoms with E-state index < -0.39 is 0 Å². The maximum Gasteiger partial charge on any atom is 0.120 e. The van der Waals surface area contributed by atoms with E-state index >= 15 is 0 Å². The van der Waals surface area contributed by atoms with Gasteiger partial charge in [0.2, 0.25) is 0 Å². The second-order valence-corrected chi connectivity index (χ2v) is 5.34. The van der Waals surface area contributed by atoms with Crippen LogP contribution in [0.2, 0.25) is 0 Å². The Kier molecular flexibility index (Phi) is 113. The molecule has 3 rings (SSSR count). The maximum absolute atomic E-state index is 8.00. The largest absolute Gasteiger partial charge is 0.444 e. The van der Waals surface area contributed by atoms with Crippen molar-refractivity contribution in [2.24, 2.45) is 10.7 Å². The Morgan fingerprint density at radius 1 is 0.477 bits per heavy atom. The maximum atomic E-state index is 8.00. The van der Waals surface area contributed by atoms with Crippen molar-refractivity contribution in [3.05, 3.63) is 77.3 Å². The zero-order valence-corrected chi connectivity index (χ0v) is 25.2. The number of aromatic nitrogens is 4. The van der Waals surface area contributed by atoms with Gasteiger partial charge in [-0.1, -0.05) is 0 Å². The van der Waals surface area contributed by atoms with Gasteiger partial charge in [-0.2, -0.15) is 0 Å². The van der Waals surface area contributed by atoms with Gasteiger partial charge in [0.15, 0.2) is 0 Å². The molecule has 1 aliphatic heterocycles. The summed E-state index contributed by atoms with van der Waals surface area (Å²) in [4.78, 5) is 57.8. The minimum Gasteiger partial charge on any atom is -0.444 e. The molecule has 1 saturated heterocycles. The molecule has 2 aromatic heterocycles. The molecule has 24 nitrogen and oxygen atoms in total. The van der Waals surface area contributed by atoms with Gasteiger partial charge >= 0.3 is 0 Å². The van der Waals surface area contributed by atoms with Gasteiger partial charge in [-0.15, -0.1) is 30.3 Å². The molecule has 1 aliphatic rings. The molecular weight excluding hydrogens is 692 g/mol. The number of nitrogens with zero attached hydrogens (tertiary/aromatic N) is 8. The van der Waals surface area contributed by atoms with Crippen molar-refractivity contribution in [1.82, 2.24) is 42.3 Å². The van der Waals surface area contributed by atoms with Crippen molar-refractivity contribution >= 4 is 0 Å². The molecule has 0 amide bonds. The number of H-pyrrole nitrogens is 2. The van der Waals surface area contributed by atoms with Crippen LogP contribution in [0.1, 0.15) is 0 Å². The number of rotatable bonds is 0. The van der Waals surface area contributed by atoms with Crippen LogP contribution in [0.25, 0.3) is 0 Å². The minimum atomic E-state index is 0. The molecule has 0 aromatic carbocycles. The first kappa shape index (κ1) is 59.8. The summed E-state index contributed by atoms with van der Waals surface area (Å²) in [6, 6.07) is 0. The van der Waals surface area contributed by atoms with Gasteiger partial charge in [-0.05, 0) is 0 Å². The van der Waals surface area contributed by atoms with E-state index in [2.05, 4.69) is 19.9 Å². The zero-order chi connectivity index (χ0) is 33.2. The van der Waals surface area contributed by atoms with Crippen LogP contribution >= 0.6 is 0 Å². The number of imidazole rings is 2. The predicted molar refractivity (Wildman–Crippen MR) is 142 cm³/mol. The van der Waals surface area contributed by atoms with Crippen molar-refractivity contribution in [3.63, 3.8) is 0 Å². The van der Waals surface area contributed by atoms with Crippen LogP contribution in [-0.4, -0.2) is 99.2 Å². The third-order valence-corrected chi connectivity index (χ3v) is 3.04. The average molecular weight is 724 g/mol. The third-order valence-electron chi connectivity index (χ3n) is 3.04. The van der Waals surface area contributed by atoms with Gasteiger partial charge < -0.3 is 58.6 Å². The monoisotopic (exact) mass is 724 g/mol. The van der Waals surface area contributed by atoms with Crippen LogP contribution in [0.3, 0.4) is 0 Å². The van der Waals surface area contributed by atoms with Gasteiger partial charge in [0.05, 0.1) is 91.9 Å². The number of ether oxygens (including phenoxy) is 6. The normalized spacial score (nSPS) is 12.5. The van der Waals surface area contributed by atoms with E-state index in [0.29, 0.717) is 79.3 Å². The Bertz CT molecular complexity index is 500. The van der Waals surface area contributed by atoms with Gasteiger partial charge in [0, 0.05) is 58.9 Å². The molecular formula is C18H32Fe2N10O14-2. The topological polar surface area (TPSA) is 375 Å². The quantitative estimate of drug-likeness (QED) is 0.199. The molecule has 256 valence electrons.